The van der Waals surface area contributed by atoms with E-state index in [2.05, 4.69) is 31.9 Å². The van der Waals surface area contributed by atoms with Gasteiger partial charge in [0.05, 0.1) is 0 Å². The smallest absolute Gasteiger partial charge is 0.105 e. The van der Waals surface area contributed by atoms with E-state index >= 15 is 0 Å². The summed E-state index contributed by atoms with van der Waals surface area (Å²) in [6, 6.07) is 13.7. The molecule has 0 bridgehead atoms. The highest BCUT2D eigenvalue weighted by atomic mass is 79.9. The molecule has 2 rings (SSSR count). The summed E-state index contributed by atoms with van der Waals surface area (Å²) in [4.78, 5) is 0. The van der Waals surface area contributed by atoms with Crippen LogP contribution in [0, 0.1) is 6.92 Å². The summed E-state index contributed by atoms with van der Waals surface area (Å²) in [6.07, 6.45) is -0.609. The van der Waals surface area contributed by atoms with E-state index in [0.29, 0.717) is 0 Å². The van der Waals surface area contributed by atoms with Crippen LogP contribution in [0.4, 0.5) is 0 Å². The minimum Gasteiger partial charge on any atom is -0.384 e. The van der Waals surface area contributed by atoms with Gasteiger partial charge in [-0.1, -0.05) is 61.7 Å². The molecule has 1 nitrogen and oxygen atoms in total. The van der Waals surface area contributed by atoms with Gasteiger partial charge in [0.25, 0.3) is 0 Å². The standard InChI is InChI=1S/C14H12Br2O/c1-9-3-2-4-10(7-9)14(17)12-8-11(15)5-6-13(12)16/h2-8,14,17H,1H3. The van der Waals surface area contributed by atoms with E-state index in [1.54, 1.807) is 0 Å². The molecule has 0 saturated heterocycles. The van der Waals surface area contributed by atoms with Gasteiger partial charge in [-0.3, -0.25) is 0 Å². The number of halogens is 2. The molecule has 2 aromatic carbocycles. The average Bonchev–Trinajstić information content (AvgIpc) is 2.31. The molecule has 0 spiro atoms. The van der Waals surface area contributed by atoms with Crippen molar-refractivity contribution in [1.82, 2.24) is 0 Å². The van der Waals surface area contributed by atoms with Gasteiger partial charge in [0.1, 0.15) is 6.10 Å². The van der Waals surface area contributed by atoms with Gasteiger partial charge in [-0.05, 0) is 30.7 Å². The summed E-state index contributed by atoms with van der Waals surface area (Å²) in [5, 5.41) is 10.4. The van der Waals surface area contributed by atoms with Gasteiger partial charge in [0.15, 0.2) is 0 Å². The lowest BCUT2D eigenvalue weighted by atomic mass is 10.0. The molecule has 0 radical (unpaired) electrons. The summed E-state index contributed by atoms with van der Waals surface area (Å²) in [5.41, 5.74) is 2.92. The summed E-state index contributed by atoms with van der Waals surface area (Å²) in [5.74, 6) is 0. The molecule has 2 aromatic rings. The molecular weight excluding hydrogens is 344 g/mol. The van der Waals surface area contributed by atoms with Crippen LogP contribution < -0.4 is 0 Å². The Morgan fingerprint density at radius 2 is 1.82 bits per heavy atom. The number of aliphatic hydroxyl groups excluding tert-OH is 1. The second-order valence-corrected chi connectivity index (χ2v) is 5.75. The van der Waals surface area contributed by atoms with Gasteiger partial charge in [-0.25, -0.2) is 0 Å². The third-order valence-corrected chi connectivity index (χ3v) is 3.83. The highest BCUT2D eigenvalue weighted by molar-refractivity contribution is 9.11. The van der Waals surface area contributed by atoms with Gasteiger partial charge < -0.3 is 5.11 Å². The maximum absolute atomic E-state index is 10.4. The molecule has 0 fully saturated rings. The molecular formula is C14H12Br2O. The van der Waals surface area contributed by atoms with Crippen LogP contribution in [0.2, 0.25) is 0 Å². The normalized spacial score (nSPS) is 12.5. The Hall–Kier alpha value is -0.640. The second kappa shape index (κ2) is 5.34. The first-order valence-electron chi connectivity index (χ1n) is 5.27. The molecule has 1 unspecified atom stereocenters. The van der Waals surface area contributed by atoms with E-state index in [-0.39, 0.29) is 0 Å². The Kier molecular flexibility index (Phi) is 4.02. The average molecular weight is 356 g/mol. The van der Waals surface area contributed by atoms with Gasteiger partial charge in [0.2, 0.25) is 0 Å². The van der Waals surface area contributed by atoms with E-state index in [9.17, 15) is 5.11 Å². The maximum Gasteiger partial charge on any atom is 0.105 e. The quantitative estimate of drug-likeness (QED) is 0.834. The topological polar surface area (TPSA) is 20.2 Å². The van der Waals surface area contributed by atoms with E-state index < -0.39 is 6.10 Å². The van der Waals surface area contributed by atoms with E-state index in [1.165, 1.54) is 0 Å². The van der Waals surface area contributed by atoms with Gasteiger partial charge in [-0.15, -0.1) is 0 Å². The van der Waals surface area contributed by atoms with Crippen molar-refractivity contribution in [2.24, 2.45) is 0 Å². The largest absolute Gasteiger partial charge is 0.384 e. The van der Waals surface area contributed by atoms with Crippen molar-refractivity contribution in [2.45, 2.75) is 13.0 Å². The fraction of sp³-hybridized carbons (Fsp3) is 0.143. The monoisotopic (exact) mass is 354 g/mol. The lowest BCUT2D eigenvalue weighted by molar-refractivity contribution is 0.219. The Bertz CT molecular complexity index is 537. The zero-order valence-corrected chi connectivity index (χ0v) is 12.5. The van der Waals surface area contributed by atoms with E-state index in [1.807, 2.05) is 49.4 Å². The fourth-order valence-corrected chi connectivity index (χ4v) is 2.59. The van der Waals surface area contributed by atoms with Crippen LogP contribution in [0.25, 0.3) is 0 Å². The summed E-state index contributed by atoms with van der Waals surface area (Å²) in [7, 11) is 0. The Morgan fingerprint density at radius 1 is 1.06 bits per heavy atom. The van der Waals surface area contributed by atoms with Crippen molar-refractivity contribution in [1.29, 1.82) is 0 Å². The molecule has 0 aliphatic carbocycles. The van der Waals surface area contributed by atoms with Crippen molar-refractivity contribution < 1.29 is 5.11 Å². The highest BCUT2D eigenvalue weighted by Gasteiger charge is 2.13. The number of rotatable bonds is 2. The highest BCUT2D eigenvalue weighted by Crippen LogP contribution is 2.31. The van der Waals surface area contributed by atoms with Gasteiger partial charge >= 0.3 is 0 Å². The molecule has 1 atom stereocenters. The van der Waals surface area contributed by atoms with Crippen molar-refractivity contribution in [3.8, 4) is 0 Å². The molecule has 0 aliphatic rings. The van der Waals surface area contributed by atoms with Crippen LogP contribution in [0.5, 0.6) is 0 Å². The summed E-state index contributed by atoms with van der Waals surface area (Å²) >= 11 is 6.89. The molecule has 0 amide bonds. The molecule has 3 heteroatoms. The number of hydrogen-bond donors (Lipinski definition) is 1. The predicted octanol–water partition coefficient (Wildman–Crippen LogP) is 4.60. The summed E-state index contributed by atoms with van der Waals surface area (Å²) in [6.45, 7) is 2.02. The van der Waals surface area contributed by atoms with Crippen LogP contribution in [0.15, 0.2) is 51.4 Å². The Balaban J connectivity index is 2.43. The lowest BCUT2D eigenvalue weighted by Crippen LogP contribution is -2.01. The zero-order valence-electron chi connectivity index (χ0n) is 9.32. The molecule has 88 valence electrons. The lowest BCUT2D eigenvalue weighted by Gasteiger charge is -2.14. The Morgan fingerprint density at radius 3 is 2.53 bits per heavy atom. The maximum atomic E-state index is 10.4. The first kappa shape index (κ1) is 12.8. The van der Waals surface area contributed by atoms with E-state index in [0.717, 1.165) is 25.6 Å². The van der Waals surface area contributed by atoms with E-state index in [4.69, 9.17) is 0 Å². The van der Waals surface area contributed by atoms with Gasteiger partial charge in [-0.2, -0.15) is 0 Å². The fourth-order valence-electron chi connectivity index (χ4n) is 1.74. The molecule has 0 saturated carbocycles. The molecule has 17 heavy (non-hydrogen) atoms. The summed E-state index contributed by atoms with van der Waals surface area (Å²) < 4.78 is 1.87. The second-order valence-electron chi connectivity index (χ2n) is 3.98. The van der Waals surface area contributed by atoms with Crippen LogP contribution in [-0.2, 0) is 0 Å². The van der Waals surface area contributed by atoms with Crippen molar-refractivity contribution in [3.63, 3.8) is 0 Å². The molecule has 1 N–H and O–H groups in total. The van der Waals surface area contributed by atoms with Crippen molar-refractivity contribution in [2.75, 3.05) is 0 Å². The number of aliphatic hydroxyl groups is 1. The third-order valence-electron chi connectivity index (χ3n) is 2.61. The minimum absolute atomic E-state index is 0.609. The zero-order chi connectivity index (χ0) is 12.4. The Labute approximate surface area is 118 Å². The SMILES string of the molecule is Cc1cccc(C(O)c2cc(Br)ccc2Br)c1. The molecule has 0 aromatic heterocycles. The first-order valence-corrected chi connectivity index (χ1v) is 6.86. The number of aryl methyl sites for hydroxylation is 1. The predicted molar refractivity (Wildman–Crippen MR) is 77.1 cm³/mol. The number of benzene rings is 2. The van der Waals surface area contributed by atoms with Crippen LogP contribution >= 0.6 is 31.9 Å². The molecule has 0 heterocycles. The minimum atomic E-state index is -0.609. The third kappa shape index (κ3) is 2.97. The van der Waals surface area contributed by atoms with Crippen molar-refractivity contribution >= 4 is 31.9 Å². The molecule has 0 aliphatic heterocycles. The van der Waals surface area contributed by atoms with Crippen molar-refractivity contribution in [3.05, 3.63) is 68.1 Å². The van der Waals surface area contributed by atoms with Crippen LogP contribution in [-0.4, -0.2) is 5.11 Å². The van der Waals surface area contributed by atoms with Crippen LogP contribution in [0.3, 0.4) is 0 Å². The van der Waals surface area contributed by atoms with Gasteiger partial charge in [0, 0.05) is 14.5 Å². The van der Waals surface area contributed by atoms with Crippen LogP contribution in [0.1, 0.15) is 22.8 Å². The first-order chi connectivity index (χ1) is 8.08. The number of hydrogen-bond acceptors (Lipinski definition) is 1.